The molecule has 2 saturated heterocycles. The minimum absolute atomic E-state index is 0.0328. The number of fused-ring (bicyclic) bond motifs is 1. The third-order valence-electron chi connectivity index (χ3n) is 7.99. The van der Waals surface area contributed by atoms with E-state index < -0.39 is 59.6 Å². The molecule has 1 aliphatic carbocycles. The maximum Gasteiger partial charge on any atom is 0.315 e. The van der Waals surface area contributed by atoms with Gasteiger partial charge in [0.1, 0.15) is 12.1 Å². The van der Waals surface area contributed by atoms with Gasteiger partial charge in [-0.05, 0) is 37.0 Å². The van der Waals surface area contributed by atoms with Crippen molar-refractivity contribution in [3.8, 4) is 0 Å². The Kier molecular flexibility index (Phi) is 10.2. The highest BCUT2D eigenvalue weighted by molar-refractivity contribution is 6.29. The quantitative estimate of drug-likeness (QED) is 0.272. The Hall–Kier alpha value is -2.57. The monoisotopic (exact) mass is 565 g/mol. The Morgan fingerprint density at radius 2 is 1.82 bits per heavy atom. The van der Waals surface area contributed by atoms with Crippen LogP contribution in [0.15, 0.2) is 0 Å². The van der Waals surface area contributed by atoms with Gasteiger partial charge in [0, 0.05) is 13.1 Å². The van der Waals surface area contributed by atoms with Crippen LogP contribution in [0.3, 0.4) is 0 Å². The molecule has 0 unspecified atom stereocenters. The molecule has 10 nitrogen and oxygen atoms in total. The molecule has 14 heteroatoms. The van der Waals surface area contributed by atoms with E-state index in [1.54, 1.807) is 13.8 Å². The van der Waals surface area contributed by atoms with E-state index in [-0.39, 0.29) is 30.8 Å². The molecule has 2 aliphatic heterocycles. The average molecular weight is 566 g/mol. The van der Waals surface area contributed by atoms with E-state index in [4.69, 9.17) is 11.6 Å². The molecule has 2 heterocycles. The normalized spacial score (nSPS) is 26.2. The van der Waals surface area contributed by atoms with E-state index in [1.807, 2.05) is 0 Å². The number of carbonyl (C=O) groups excluding carboxylic acids is 5. The zero-order valence-corrected chi connectivity index (χ0v) is 22.2. The van der Waals surface area contributed by atoms with E-state index in [9.17, 15) is 37.1 Å². The highest BCUT2D eigenvalue weighted by Crippen LogP contribution is 2.43. The lowest BCUT2D eigenvalue weighted by atomic mass is 9.91. The van der Waals surface area contributed by atoms with Crippen LogP contribution in [-0.2, 0) is 24.0 Å². The predicted octanol–water partition coefficient (Wildman–Crippen LogP) is 1.33. The first-order valence-electron chi connectivity index (χ1n) is 13.1. The van der Waals surface area contributed by atoms with Crippen molar-refractivity contribution >= 4 is 41.1 Å². The summed E-state index contributed by atoms with van der Waals surface area (Å²) in [5, 5.41) is 5.44. The van der Waals surface area contributed by atoms with Crippen LogP contribution in [0.2, 0.25) is 0 Å². The fourth-order valence-corrected chi connectivity index (χ4v) is 6.07. The smallest absolute Gasteiger partial charge is 0.315 e. The van der Waals surface area contributed by atoms with Gasteiger partial charge in [-0.3, -0.25) is 29.4 Å². The molecule has 6 atom stereocenters. The molecule has 0 spiro atoms. The molecule has 0 aromatic carbocycles. The number of likely N-dealkylation sites (tertiary alicyclic amines) is 1. The molecule has 0 aromatic heterocycles. The van der Waals surface area contributed by atoms with Crippen molar-refractivity contribution in [2.45, 2.75) is 76.5 Å². The topological polar surface area (TPSA) is 128 Å². The van der Waals surface area contributed by atoms with E-state index in [0.717, 1.165) is 12.8 Å². The van der Waals surface area contributed by atoms with Gasteiger partial charge in [-0.1, -0.05) is 44.7 Å². The number of alkyl halides is 4. The van der Waals surface area contributed by atoms with Crippen molar-refractivity contribution in [3.05, 3.63) is 0 Å². The second-order valence-electron chi connectivity index (χ2n) is 10.2. The van der Waals surface area contributed by atoms with E-state index in [2.05, 4.69) is 16.1 Å². The fourth-order valence-electron chi connectivity index (χ4n) is 5.95. The Balaban J connectivity index is 1.87. The van der Waals surface area contributed by atoms with Gasteiger partial charge >= 0.3 is 6.43 Å². The molecule has 3 aliphatic rings. The molecule has 3 fully saturated rings. The first kappa shape index (κ1) is 30.0. The van der Waals surface area contributed by atoms with Crippen LogP contribution in [-0.4, -0.2) is 83.2 Å². The second-order valence-corrected chi connectivity index (χ2v) is 10.5. The number of carbonyl (C=O) groups is 5. The summed E-state index contributed by atoms with van der Waals surface area (Å²) in [4.78, 5) is 65.0. The van der Waals surface area contributed by atoms with E-state index in [0.29, 0.717) is 37.2 Å². The second kappa shape index (κ2) is 13.0. The molecule has 3 rings (SSSR count). The first-order valence-corrected chi connectivity index (χ1v) is 13.5. The van der Waals surface area contributed by atoms with Crippen LogP contribution >= 0.6 is 11.6 Å². The fraction of sp³-hybridized carbons (Fsp3) is 0.792. The van der Waals surface area contributed by atoms with Gasteiger partial charge in [-0.15, -0.1) is 0 Å². The van der Waals surface area contributed by atoms with Gasteiger partial charge in [0.2, 0.25) is 11.8 Å². The number of amides is 5. The summed E-state index contributed by atoms with van der Waals surface area (Å²) in [6, 6.07) is -2.34. The molecule has 0 bridgehead atoms. The molecule has 0 radical (unpaired) electrons. The molecule has 3 N–H and O–H groups in total. The van der Waals surface area contributed by atoms with Gasteiger partial charge in [-0.2, -0.15) is 8.78 Å². The predicted molar refractivity (Wildman–Crippen MR) is 130 cm³/mol. The third-order valence-corrected chi connectivity index (χ3v) is 8.17. The maximum atomic E-state index is 13.8. The Labute approximate surface area is 224 Å². The van der Waals surface area contributed by atoms with Crippen molar-refractivity contribution in [1.29, 1.82) is 0 Å². The molecule has 1 saturated carbocycles. The highest BCUT2D eigenvalue weighted by atomic mass is 35.5. The minimum atomic E-state index is -3.31. The SMILES string of the molecule is CCC(CC)[C@H](NC(=O)C(F)F)C(=O)N1C[C@@H]2CCC[C@@H]2[C@H]1C(=O)NN(C[C@@H]1CCNC1=O)C(=O)[C@H](F)Cl. The minimum Gasteiger partial charge on any atom is -0.356 e. The Bertz CT molecular complexity index is 922. The standard InChI is InChI=1S/C24H35ClF3N5O5/c1-3-12(4-2)16(30-22(36)19(27)28)23(37)32-10-13-6-5-7-15(13)17(32)21(35)31-33(24(38)18(25)26)11-14-8-9-29-20(14)34/h12-19H,3-11H2,1-2H3,(H,29,34)(H,30,36)(H,31,35)/t13-,14-,15-,16-,17-,18-/m0/s1. The summed E-state index contributed by atoms with van der Waals surface area (Å²) in [7, 11) is 0. The summed E-state index contributed by atoms with van der Waals surface area (Å²) in [5.41, 5.74) is -0.0891. The van der Waals surface area contributed by atoms with Gasteiger partial charge in [0.25, 0.3) is 23.4 Å². The summed E-state index contributed by atoms with van der Waals surface area (Å²) in [6.07, 6.45) is 0.0896. The van der Waals surface area contributed by atoms with Gasteiger partial charge in [0.15, 0.2) is 0 Å². The maximum absolute atomic E-state index is 13.8. The number of rotatable bonds is 10. The summed E-state index contributed by atoms with van der Waals surface area (Å²) < 4.78 is 39.9. The number of nitrogens with one attached hydrogen (secondary N) is 3. The molecular weight excluding hydrogens is 531 g/mol. The van der Waals surface area contributed by atoms with Crippen molar-refractivity contribution in [2.75, 3.05) is 19.6 Å². The van der Waals surface area contributed by atoms with Crippen LogP contribution < -0.4 is 16.1 Å². The lowest BCUT2D eigenvalue weighted by Crippen LogP contribution is -2.60. The van der Waals surface area contributed by atoms with Gasteiger partial charge < -0.3 is 15.5 Å². The van der Waals surface area contributed by atoms with Crippen LogP contribution in [0, 0.1) is 23.7 Å². The van der Waals surface area contributed by atoms with Crippen molar-refractivity contribution in [1.82, 2.24) is 26.0 Å². The summed E-state index contributed by atoms with van der Waals surface area (Å²) >= 11 is 5.36. The third kappa shape index (κ3) is 6.52. The zero-order chi connectivity index (χ0) is 28.1. The molecule has 214 valence electrons. The lowest BCUT2D eigenvalue weighted by molar-refractivity contribution is -0.150. The molecule has 5 amide bonds. The average Bonchev–Trinajstić information content (AvgIpc) is 3.58. The van der Waals surface area contributed by atoms with Crippen LogP contribution in [0.5, 0.6) is 0 Å². The Morgan fingerprint density at radius 3 is 2.37 bits per heavy atom. The lowest BCUT2D eigenvalue weighted by Gasteiger charge is -2.35. The summed E-state index contributed by atoms with van der Waals surface area (Å²) in [5.74, 6) is -6.02. The molecule has 38 heavy (non-hydrogen) atoms. The number of nitrogens with zero attached hydrogens (tertiary/aromatic N) is 2. The van der Waals surface area contributed by atoms with Crippen molar-refractivity contribution in [3.63, 3.8) is 0 Å². The number of hydrogen-bond acceptors (Lipinski definition) is 5. The summed E-state index contributed by atoms with van der Waals surface area (Å²) in [6.45, 7) is 3.79. The number of hydrogen-bond donors (Lipinski definition) is 3. The van der Waals surface area contributed by atoms with Crippen molar-refractivity contribution < 1.29 is 37.1 Å². The van der Waals surface area contributed by atoms with Crippen LogP contribution in [0.1, 0.15) is 52.4 Å². The van der Waals surface area contributed by atoms with E-state index >= 15 is 0 Å². The van der Waals surface area contributed by atoms with E-state index in [1.165, 1.54) is 4.90 Å². The van der Waals surface area contributed by atoms with Crippen molar-refractivity contribution in [2.24, 2.45) is 23.7 Å². The largest absolute Gasteiger partial charge is 0.356 e. The number of halogens is 4. The Morgan fingerprint density at radius 1 is 1.13 bits per heavy atom. The first-order chi connectivity index (χ1) is 18.0. The van der Waals surface area contributed by atoms with Crippen LogP contribution in [0.25, 0.3) is 0 Å². The molecular formula is C24H35ClF3N5O5. The molecule has 0 aromatic rings. The zero-order valence-electron chi connectivity index (χ0n) is 21.4. The number of hydrazine groups is 1. The van der Waals surface area contributed by atoms with Crippen LogP contribution in [0.4, 0.5) is 13.2 Å². The highest BCUT2D eigenvalue weighted by Gasteiger charge is 2.51. The van der Waals surface area contributed by atoms with Gasteiger partial charge in [0.05, 0.1) is 12.5 Å². The van der Waals surface area contributed by atoms with Gasteiger partial charge in [-0.25, -0.2) is 9.40 Å².